The van der Waals surface area contributed by atoms with E-state index in [0.717, 1.165) is 12.8 Å². The SMILES string of the molecule is C=C[CH2-].CCCCCCCCCCCC(=O)[O-].[Co+2]. The van der Waals surface area contributed by atoms with E-state index in [1.54, 1.807) is 0 Å². The molecular formula is C15H28CoO2. The molecule has 0 aromatic rings. The van der Waals surface area contributed by atoms with Crippen molar-refractivity contribution in [3.63, 3.8) is 0 Å². The minimum atomic E-state index is -0.909. The van der Waals surface area contributed by atoms with E-state index in [1.165, 1.54) is 51.0 Å². The van der Waals surface area contributed by atoms with Gasteiger partial charge in [0.25, 0.3) is 0 Å². The zero-order valence-corrected chi connectivity index (χ0v) is 12.8. The summed E-state index contributed by atoms with van der Waals surface area (Å²) < 4.78 is 0. The van der Waals surface area contributed by atoms with Crippen molar-refractivity contribution in [1.29, 1.82) is 0 Å². The van der Waals surface area contributed by atoms with Crippen molar-refractivity contribution < 1.29 is 26.7 Å². The molecule has 0 N–H and O–H groups in total. The van der Waals surface area contributed by atoms with E-state index in [2.05, 4.69) is 20.4 Å². The number of unbranched alkanes of at least 4 members (excludes halogenated alkanes) is 8. The van der Waals surface area contributed by atoms with E-state index >= 15 is 0 Å². The molecule has 0 fully saturated rings. The Labute approximate surface area is 123 Å². The third-order valence-electron chi connectivity index (χ3n) is 2.48. The number of hydrogen-bond acceptors (Lipinski definition) is 2. The van der Waals surface area contributed by atoms with Crippen molar-refractivity contribution in [1.82, 2.24) is 0 Å². The first-order valence-electron chi connectivity index (χ1n) is 6.79. The summed E-state index contributed by atoms with van der Waals surface area (Å²) in [4.78, 5) is 10.1. The maximum absolute atomic E-state index is 10.1. The van der Waals surface area contributed by atoms with Crippen LogP contribution < -0.4 is 5.11 Å². The standard InChI is InChI=1S/C12H24O2.C3H5.Co/c1-2-3-4-5-6-7-8-9-10-11-12(13)14;1-3-2;/h2-11H2,1H3,(H,13,14);3H,1-2H2;/q;-1;+2/p-1. The zero-order chi connectivity index (χ0) is 13.4. The second-order valence-corrected chi connectivity index (χ2v) is 4.24. The molecule has 2 nitrogen and oxygen atoms in total. The maximum Gasteiger partial charge on any atom is 2.00 e. The number of allylic oxidation sites excluding steroid dienone is 1. The number of aliphatic carboxylic acids is 1. The van der Waals surface area contributed by atoms with Crippen molar-refractivity contribution in [3.8, 4) is 0 Å². The molecule has 0 aromatic carbocycles. The Balaban J connectivity index is -0.000000507. The minimum absolute atomic E-state index is 0. The molecule has 0 aromatic heterocycles. The summed E-state index contributed by atoms with van der Waals surface area (Å²) in [5.74, 6) is -0.909. The number of carboxylic acid groups (broad SMARTS) is 1. The molecule has 0 saturated heterocycles. The summed E-state index contributed by atoms with van der Waals surface area (Å²) in [6, 6.07) is 0. The Morgan fingerprint density at radius 2 is 1.39 bits per heavy atom. The molecule has 1 radical (unpaired) electrons. The number of carboxylic acids is 1. The molecule has 0 bridgehead atoms. The van der Waals surface area contributed by atoms with Gasteiger partial charge in [-0.25, -0.2) is 19.6 Å². The van der Waals surface area contributed by atoms with Crippen molar-refractivity contribution >= 4 is 5.97 Å². The van der Waals surface area contributed by atoms with Gasteiger partial charge in [-0.15, -0.1) is 0 Å². The molecule has 0 atom stereocenters. The molecule has 0 amide bonds. The monoisotopic (exact) mass is 299 g/mol. The van der Waals surface area contributed by atoms with Crippen LogP contribution in [-0.2, 0) is 21.6 Å². The van der Waals surface area contributed by atoms with Crippen LogP contribution in [0.1, 0.15) is 71.1 Å². The third kappa shape index (κ3) is 29.6. The number of carbonyl (C=O) groups is 1. The van der Waals surface area contributed by atoms with Gasteiger partial charge in [-0.2, -0.15) is 0 Å². The van der Waals surface area contributed by atoms with Gasteiger partial charge in [-0.05, 0) is 12.8 Å². The molecule has 18 heavy (non-hydrogen) atoms. The predicted molar refractivity (Wildman–Crippen MR) is 72.4 cm³/mol. The number of rotatable bonds is 10. The molecule has 0 saturated carbocycles. The fourth-order valence-electron chi connectivity index (χ4n) is 1.58. The summed E-state index contributed by atoms with van der Waals surface area (Å²) in [5.41, 5.74) is 0. The van der Waals surface area contributed by atoms with Crippen LogP contribution in [0.15, 0.2) is 12.7 Å². The van der Waals surface area contributed by atoms with Gasteiger partial charge in [0.05, 0.1) is 0 Å². The second-order valence-electron chi connectivity index (χ2n) is 4.24. The molecule has 0 aliphatic rings. The number of carbonyl (C=O) groups excluding carboxylic acids is 1. The quantitative estimate of drug-likeness (QED) is 0.456. The Morgan fingerprint density at radius 3 is 1.72 bits per heavy atom. The first-order chi connectivity index (χ1) is 8.18. The molecule has 0 aliphatic carbocycles. The fraction of sp³-hybridized carbons (Fsp3) is 0.733. The summed E-state index contributed by atoms with van der Waals surface area (Å²) in [7, 11) is 0. The van der Waals surface area contributed by atoms with E-state index in [0.29, 0.717) is 0 Å². The fourth-order valence-corrected chi connectivity index (χ4v) is 1.58. The largest absolute Gasteiger partial charge is 2.00 e. The summed E-state index contributed by atoms with van der Waals surface area (Å²) >= 11 is 0. The van der Waals surface area contributed by atoms with Crippen molar-refractivity contribution in [3.05, 3.63) is 19.6 Å². The van der Waals surface area contributed by atoms with Gasteiger partial charge in [0, 0.05) is 5.97 Å². The Bertz CT molecular complexity index is 170. The van der Waals surface area contributed by atoms with E-state index in [9.17, 15) is 9.90 Å². The predicted octanol–water partition coefficient (Wildman–Crippen LogP) is 3.66. The Hall–Kier alpha value is -0.414. The van der Waals surface area contributed by atoms with Gasteiger partial charge in [-0.1, -0.05) is 58.3 Å². The zero-order valence-electron chi connectivity index (χ0n) is 11.7. The molecule has 0 heterocycles. The summed E-state index contributed by atoms with van der Waals surface area (Å²) in [5, 5.41) is 10.1. The smallest absolute Gasteiger partial charge is 0.550 e. The first kappa shape index (κ1) is 22.7. The maximum atomic E-state index is 10.1. The van der Waals surface area contributed by atoms with Crippen LogP contribution in [0.4, 0.5) is 0 Å². The Kier molecular flexibility index (Phi) is 27.6. The van der Waals surface area contributed by atoms with Crippen molar-refractivity contribution in [2.45, 2.75) is 71.1 Å². The average molecular weight is 299 g/mol. The molecular weight excluding hydrogens is 271 g/mol. The van der Waals surface area contributed by atoms with Gasteiger partial charge in [-0.3, -0.25) is 0 Å². The molecule has 109 valence electrons. The van der Waals surface area contributed by atoms with E-state index < -0.39 is 5.97 Å². The van der Waals surface area contributed by atoms with Crippen LogP contribution in [0, 0.1) is 6.92 Å². The third-order valence-corrected chi connectivity index (χ3v) is 2.48. The van der Waals surface area contributed by atoms with Crippen LogP contribution in [0.5, 0.6) is 0 Å². The summed E-state index contributed by atoms with van der Waals surface area (Å²) in [6.45, 7) is 8.72. The normalized spacial score (nSPS) is 8.72. The van der Waals surface area contributed by atoms with Gasteiger partial charge < -0.3 is 9.90 Å². The molecule has 0 unspecified atom stereocenters. The van der Waals surface area contributed by atoms with Gasteiger partial charge in [0.1, 0.15) is 0 Å². The molecule has 0 aliphatic heterocycles. The van der Waals surface area contributed by atoms with Gasteiger partial charge in [0.2, 0.25) is 0 Å². The van der Waals surface area contributed by atoms with Gasteiger partial charge >= 0.3 is 16.8 Å². The first-order valence-corrected chi connectivity index (χ1v) is 6.79. The van der Waals surface area contributed by atoms with E-state index in [1.807, 2.05) is 0 Å². The number of hydrogen-bond donors (Lipinski definition) is 0. The molecule has 0 rings (SSSR count). The second kappa shape index (κ2) is 21.8. The van der Waals surface area contributed by atoms with Crippen LogP contribution in [0.25, 0.3) is 0 Å². The van der Waals surface area contributed by atoms with Crippen LogP contribution in [-0.4, -0.2) is 5.97 Å². The minimum Gasteiger partial charge on any atom is -0.550 e. The average Bonchev–Trinajstić information content (AvgIpc) is 2.27. The van der Waals surface area contributed by atoms with Crippen molar-refractivity contribution in [2.75, 3.05) is 0 Å². The summed E-state index contributed by atoms with van der Waals surface area (Å²) in [6.07, 6.45) is 12.7. The van der Waals surface area contributed by atoms with Crippen LogP contribution in [0.2, 0.25) is 0 Å². The topological polar surface area (TPSA) is 40.1 Å². The van der Waals surface area contributed by atoms with Gasteiger partial charge in [0.15, 0.2) is 0 Å². The van der Waals surface area contributed by atoms with Crippen LogP contribution >= 0.6 is 0 Å². The molecule has 0 spiro atoms. The van der Waals surface area contributed by atoms with Crippen LogP contribution in [0.3, 0.4) is 0 Å². The molecule has 3 heteroatoms. The Morgan fingerprint density at radius 1 is 1.06 bits per heavy atom. The van der Waals surface area contributed by atoms with Crippen molar-refractivity contribution in [2.24, 2.45) is 0 Å². The van der Waals surface area contributed by atoms with E-state index in [4.69, 9.17) is 0 Å². The van der Waals surface area contributed by atoms with E-state index in [-0.39, 0.29) is 23.2 Å².